The van der Waals surface area contributed by atoms with Crippen LogP contribution in [0.1, 0.15) is 96.8 Å². The van der Waals surface area contributed by atoms with E-state index in [4.69, 9.17) is 14.2 Å². The second-order valence-corrected chi connectivity index (χ2v) is 9.95. The summed E-state index contributed by atoms with van der Waals surface area (Å²) >= 11 is 0. The van der Waals surface area contributed by atoms with Gasteiger partial charge >= 0.3 is 0 Å². The van der Waals surface area contributed by atoms with Gasteiger partial charge in [-0.05, 0) is 107 Å². The highest BCUT2D eigenvalue weighted by atomic mass is 16.7. The molecule has 3 heteroatoms. The highest BCUT2D eigenvalue weighted by Crippen LogP contribution is 2.46. The minimum absolute atomic E-state index is 0.0118. The molecule has 3 aliphatic carbocycles. The first-order valence-electron chi connectivity index (χ1n) is 12.4. The van der Waals surface area contributed by atoms with Crippen molar-refractivity contribution in [2.45, 2.75) is 109 Å². The Labute approximate surface area is 174 Å². The molecule has 0 bridgehead atoms. The molecule has 0 N–H and O–H groups in total. The third-order valence-electron chi connectivity index (χ3n) is 8.39. The third kappa shape index (κ3) is 6.19. The Morgan fingerprint density at radius 1 is 0.643 bits per heavy atom. The van der Waals surface area contributed by atoms with Crippen molar-refractivity contribution in [2.75, 3.05) is 20.8 Å². The first kappa shape index (κ1) is 22.6. The van der Waals surface area contributed by atoms with E-state index in [1.165, 1.54) is 89.9 Å². The van der Waals surface area contributed by atoms with Gasteiger partial charge < -0.3 is 14.2 Å². The predicted molar refractivity (Wildman–Crippen MR) is 115 cm³/mol. The minimum atomic E-state index is 0.0118. The van der Waals surface area contributed by atoms with Crippen molar-refractivity contribution in [3.63, 3.8) is 0 Å². The van der Waals surface area contributed by atoms with Crippen molar-refractivity contribution in [1.29, 1.82) is 0 Å². The number of rotatable bonds is 9. The van der Waals surface area contributed by atoms with Gasteiger partial charge in [-0.2, -0.15) is 0 Å². The highest BCUT2D eigenvalue weighted by Gasteiger charge is 2.36. The molecular weight excluding hydrogens is 348 g/mol. The van der Waals surface area contributed by atoms with Crippen LogP contribution < -0.4 is 0 Å². The second-order valence-electron chi connectivity index (χ2n) is 9.95. The number of hydrogen-bond acceptors (Lipinski definition) is 3. The fourth-order valence-corrected chi connectivity index (χ4v) is 6.58. The molecule has 3 fully saturated rings. The molecule has 3 aliphatic rings. The van der Waals surface area contributed by atoms with Crippen LogP contribution in [-0.4, -0.2) is 33.2 Å². The molecule has 3 nitrogen and oxygen atoms in total. The van der Waals surface area contributed by atoms with Crippen molar-refractivity contribution >= 4 is 0 Å². The molecule has 0 aromatic carbocycles. The van der Waals surface area contributed by atoms with Gasteiger partial charge in [0.05, 0.1) is 6.10 Å². The molecule has 0 aromatic rings. The zero-order chi connectivity index (χ0) is 19.8. The van der Waals surface area contributed by atoms with Crippen molar-refractivity contribution in [3.8, 4) is 0 Å². The van der Waals surface area contributed by atoms with Crippen LogP contribution in [-0.2, 0) is 14.2 Å². The molecule has 0 saturated heterocycles. The van der Waals surface area contributed by atoms with Crippen molar-refractivity contribution in [1.82, 2.24) is 0 Å². The number of methoxy groups -OCH3 is 2. The van der Waals surface area contributed by atoms with E-state index in [9.17, 15) is 0 Å². The Kier molecular flexibility index (Phi) is 9.60. The lowest BCUT2D eigenvalue weighted by Crippen LogP contribution is -2.33. The maximum atomic E-state index is 6.08. The molecular formula is C25H46O3. The largest absolute Gasteiger partial charge is 0.378 e. The molecule has 28 heavy (non-hydrogen) atoms. The number of unbranched alkanes of at least 4 members (excludes halogenated alkanes) is 1. The van der Waals surface area contributed by atoms with Gasteiger partial charge in [-0.25, -0.2) is 0 Å². The molecule has 0 aromatic heterocycles. The quantitative estimate of drug-likeness (QED) is 0.326. The van der Waals surface area contributed by atoms with E-state index in [1.807, 2.05) is 0 Å². The summed E-state index contributed by atoms with van der Waals surface area (Å²) in [6, 6.07) is 0. The number of hydrogen-bond donors (Lipinski definition) is 0. The molecule has 0 heterocycles. The maximum Gasteiger partial charge on any atom is 0.159 e. The van der Waals surface area contributed by atoms with Gasteiger partial charge in [0, 0.05) is 26.7 Å². The molecule has 0 unspecified atom stereocenters. The Balaban J connectivity index is 1.33. The topological polar surface area (TPSA) is 27.7 Å². The van der Waals surface area contributed by atoms with Gasteiger partial charge in [0.25, 0.3) is 0 Å². The monoisotopic (exact) mass is 394 g/mol. The van der Waals surface area contributed by atoms with Gasteiger partial charge in [-0.3, -0.25) is 0 Å². The standard InChI is InChI=1S/C25H46O3/c1-4-5-18-28-24-16-14-22(15-17-24)20-8-6-19(7-9-20)21-10-12-23(13-11-21)25(26-2)27-3/h19-25H,4-18H2,1-3H3. The number of ether oxygens (including phenoxy) is 3. The van der Waals surface area contributed by atoms with Crippen LogP contribution in [0.3, 0.4) is 0 Å². The Morgan fingerprint density at radius 3 is 1.50 bits per heavy atom. The highest BCUT2D eigenvalue weighted by molar-refractivity contribution is 4.86. The van der Waals surface area contributed by atoms with Crippen molar-refractivity contribution in [3.05, 3.63) is 0 Å². The summed E-state index contributed by atoms with van der Waals surface area (Å²) in [7, 11) is 3.57. The Morgan fingerprint density at radius 2 is 1.07 bits per heavy atom. The molecule has 0 amide bonds. The lowest BCUT2D eigenvalue weighted by molar-refractivity contribution is -0.147. The van der Waals surface area contributed by atoms with Gasteiger partial charge in [0.15, 0.2) is 6.29 Å². The molecule has 0 aliphatic heterocycles. The Hall–Kier alpha value is -0.120. The molecule has 0 atom stereocenters. The summed E-state index contributed by atoms with van der Waals surface area (Å²) in [5.74, 6) is 4.57. The fourth-order valence-electron chi connectivity index (χ4n) is 6.58. The van der Waals surface area contributed by atoms with Crippen LogP contribution in [0, 0.1) is 29.6 Å². The Bertz CT molecular complexity index is 398. The van der Waals surface area contributed by atoms with Gasteiger partial charge in [-0.1, -0.05) is 13.3 Å². The maximum absolute atomic E-state index is 6.08. The van der Waals surface area contributed by atoms with Crippen LogP contribution in [0.15, 0.2) is 0 Å². The van der Waals surface area contributed by atoms with Crippen LogP contribution in [0.25, 0.3) is 0 Å². The smallest absolute Gasteiger partial charge is 0.159 e. The molecule has 3 saturated carbocycles. The SMILES string of the molecule is CCCCOC1CCC(C2CCC(C3CCC(C(OC)OC)CC3)CC2)CC1. The van der Waals surface area contributed by atoms with E-state index in [0.717, 1.165) is 30.3 Å². The van der Waals surface area contributed by atoms with Gasteiger partial charge in [0.2, 0.25) is 0 Å². The van der Waals surface area contributed by atoms with E-state index in [0.29, 0.717) is 12.0 Å². The average Bonchev–Trinajstić information content (AvgIpc) is 2.76. The normalized spacial score (nSPS) is 37.3. The lowest BCUT2D eigenvalue weighted by atomic mass is 9.65. The summed E-state index contributed by atoms with van der Waals surface area (Å²) in [5, 5.41) is 0. The summed E-state index contributed by atoms with van der Waals surface area (Å²) in [4.78, 5) is 0. The van der Waals surface area contributed by atoms with Crippen LogP contribution in [0.2, 0.25) is 0 Å². The zero-order valence-electron chi connectivity index (χ0n) is 18.9. The first-order valence-corrected chi connectivity index (χ1v) is 12.4. The van der Waals surface area contributed by atoms with Gasteiger partial charge in [0.1, 0.15) is 0 Å². The first-order chi connectivity index (χ1) is 13.7. The van der Waals surface area contributed by atoms with E-state index in [2.05, 4.69) is 6.92 Å². The lowest BCUT2D eigenvalue weighted by Gasteiger charge is -2.42. The van der Waals surface area contributed by atoms with Crippen molar-refractivity contribution < 1.29 is 14.2 Å². The molecule has 164 valence electrons. The van der Waals surface area contributed by atoms with Crippen LogP contribution >= 0.6 is 0 Å². The van der Waals surface area contributed by atoms with Crippen LogP contribution in [0.4, 0.5) is 0 Å². The van der Waals surface area contributed by atoms with E-state index in [-0.39, 0.29) is 6.29 Å². The van der Waals surface area contributed by atoms with Crippen molar-refractivity contribution in [2.24, 2.45) is 29.6 Å². The zero-order valence-corrected chi connectivity index (χ0v) is 18.9. The molecule has 0 radical (unpaired) electrons. The summed E-state index contributed by atoms with van der Waals surface area (Å²) in [6.07, 6.45) is 19.9. The summed E-state index contributed by atoms with van der Waals surface area (Å²) in [6.45, 7) is 3.23. The fraction of sp³-hybridized carbons (Fsp3) is 1.00. The minimum Gasteiger partial charge on any atom is -0.378 e. The second kappa shape index (κ2) is 11.9. The third-order valence-corrected chi connectivity index (χ3v) is 8.39. The van der Waals surface area contributed by atoms with E-state index in [1.54, 1.807) is 14.2 Å². The van der Waals surface area contributed by atoms with Gasteiger partial charge in [-0.15, -0.1) is 0 Å². The molecule has 3 rings (SSSR count). The van der Waals surface area contributed by atoms with Crippen LogP contribution in [0.5, 0.6) is 0 Å². The van der Waals surface area contributed by atoms with E-state index < -0.39 is 0 Å². The average molecular weight is 395 g/mol. The predicted octanol–water partition coefficient (Wildman–Crippen LogP) is 6.59. The van der Waals surface area contributed by atoms with E-state index >= 15 is 0 Å². The summed E-state index contributed by atoms with van der Waals surface area (Å²) in [5.41, 5.74) is 0. The summed E-state index contributed by atoms with van der Waals surface area (Å²) < 4.78 is 17.1. The molecule has 0 spiro atoms.